The van der Waals surface area contributed by atoms with Crippen molar-refractivity contribution in [1.82, 2.24) is 19.9 Å². The zero-order valence-electron chi connectivity index (χ0n) is 16.0. The number of nitrogens with one attached hydrogen (secondary N) is 1. The molecule has 6 heteroatoms. The Bertz CT molecular complexity index is 972. The molecular formula is C22H24N4OS. The van der Waals surface area contributed by atoms with Crippen LogP contribution in [0.5, 0.6) is 0 Å². The van der Waals surface area contributed by atoms with Crippen LogP contribution in [0.2, 0.25) is 0 Å². The number of nitrogens with zero attached hydrogens (tertiary/aromatic N) is 3. The second-order valence-electron chi connectivity index (χ2n) is 7.16. The maximum Gasteiger partial charge on any atom is 0.251 e. The zero-order valence-corrected chi connectivity index (χ0v) is 16.8. The molecule has 5 nitrogen and oxygen atoms in total. The van der Waals surface area contributed by atoms with E-state index in [9.17, 15) is 4.79 Å². The first-order valence-corrected chi connectivity index (χ1v) is 10.8. The molecule has 1 fully saturated rings. The number of hydrogen-bond acceptors (Lipinski definition) is 5. The number of H-pyrrole nitrogens is 1. The van der Waals surface area contributed by atoms with Crippen LogP contribution < -0.4 is 5.56 Å². The summed E-state index contributed by atoms with van der Waals surface area (Å²) >= 11 is 1.76. The maximum atomic E-state index is 12.2. The van der Waals surface area contributed by atoms with Crippen molar-refractivity contribution in [2.24, 2.45) is 0 Å². The van der Waals surface area contributed by atoms with Gasteiger partial charge in [-0.1, -0.05) is 18.2 Å². The number of rotatable bonds is 5. The number of hydrogen-bond donors (Lipinski definition) is 1. The fourth-order valence-corrected chi connectivity index (χ4v) is 4.15. The van der Waals surface area contributed by atoms with E-state index in [0.717, 1.165) is 38.2 Å². The Morgan fingerprint density at radius 1 is 1.21 bits per heavy atom. The van der Waals surface area contributed by atoms with Gasteiger partial charge in [-0.2, -0.15) is 0 Å². The van der Waals surface area contributed by atoms with Crippen LogP contribution in [0.25, 0.3) is 11.5 Å². The molecule has 1 aliphatic heterocycles. The molecule has 4 rings (SSSR count). The fraction of sp³-hybridized carbons (Fsp3) is 0.318. The molecule has 1 saturated heterocycles. The molecule has 1 aliphatic rings. The molecule has 0 amide bonds. The standard InChI is InChI=1S/C22H24N4OS/c1-28-18-9-7-16(8-10-18)14-26-12-4-5-17(15-26)20-13-21(27)25-22(24-20)19-6-2-3-11-23-19/h2-3,6-11,13,17H,4-5,12,14-15H2,1H3,(H,24,25,27). The Hall–Kier alpha value is -2.44. The molecule has 28 heavy (non-hydrogen) atoms. The first-order valence-electron chi connectivity index (χ1n) is 9.59. The van der Waals surface area contributed by atoms with Gasteiger partial charge in [-0.05, 0) is 55.5 Å². The molecule has 0 bridgehead atoms. The highest BCUT2D eigenvalue weighted by atomic mass is 32.2. The Kier molecular flexibility index (Phi) is 5.88. The van der Waals surface area contributed by atoms with E-state index in [-0.39, 0.29) is 11.5 Å². The van der Waals surface area contributed by atoms with Gasteiger partial charge in [0, 0.05) is 36.2 Å². The van der Waals surface area contributed by atoms with Crippen molar-refractivity contribution in [3.8, 4) is 11.5 Å². The van der Waals surface area contributed by atoms with Gasteiger partial charge in [-0.3, -0.25) is 14.7 Å². The summed E-state index contributed by atoms with van der Waals surface area (Å²) in [6.07, 6.45) is 5.98. The van der Waals surface area contributed by atoms with Crippen LogP contribution in [0.3, 0.4) is 0 Å². The monoisotopic (exact) mass is 392 g/mol. The van der Waals surface area contributed by atoms with E-state index in [2.05, 4.69) is 45.4 Å². The van der Waals surface area contributed by atoms with E-state index in [0.29, 0.717) is 11.5 Å². The largest absolute Gasteiger partial charge is 0.305 e. The molecule has 3 heterocycles. The summed E-state index contributed by atoms with van der Waals surface area (Å²) in [5.41, 5.74) is 2.77. The van der Waals surface area contributed by atoms with Crippen molar-refractivity contribution < 1.29 is 0 Å². The number of aromatic nitrogens is 3. The minimum Gasteiger partial charge on any atom is -0.305 e. The highest BCUT2D eigenvalue weighted by Crippen LogP contribution is 2.27. The predicted octanol–water partition coefficient (Wildman–Crippen LogP) is 3.93. The van der Waals surface area contributed by atoms with Crippen LogP contribution in [0.4, 0.5) is 0 Å². The maximum absolute atomic E-state index is 12.2. The molecule has 1 aromatic carbocycles. The number of piperidine rings is 1. The first kappa shape index (κ1) is 18.9. The van der Waals surface area contributed by atoms with Gasteiger partial charge in [0.2, 0.25) is 0 Å². The zero-order chi connectivity index (χ0) is 19.3. The molecule has 0 radical (unpaired) electrons. The van der Waals surface area contributed by atoms with E-state index < -0.39 is 0 Å². The van der Waals surface area contributed by atoms with Crippen molar-refractivity contribution in [3.63, 3.8) is 0 Å². The molecule has 1 unspecified atom stereocenters. The lowest BCUT2D eigenvalue weighted by Crippen LogP contribution is -2.34. The van der Waals surface area contributed by atoms with Gasteiger partial charge in [0.25, 0.3) is 5.56 Å². The Balaban J connectivity index is 1.51. The van der Waals surface area contributed by atoms with Crippen molar-refractivity contribution >= 4 is 11.8 Å². The molecule has 144 valence electrons. The van der Waals surface area contributed by atoms with Gasteiger partial charge in [0.15, 0.2) is 5.82 Å². The number of benzene rings is 1. The summed E-state index contributed by atoms with van der Waals surface area (Å²) < 4.78 is 0. The van der Waals surface area contributed by atoms with Gasteiger partial charge in [-0.15, -0.1) is 11.8 Å². The number of likely N-dealkylation sites (tertiary alicyclic amines) is 1. The minimum atomic E-state index is -0.115. The second kappa shape index (κ2) is 8.71. The fourth-order valence-electron chi connectivity index (χ4n) is 3.74. The van der Waals surface area contributed by atoms with Gasteiger partial charge in [-0.25, -0.2) is 4.98 Å². The molecule has 0 saturated carbocycles. The van der Waals surface area contributed by atoms with Crippen molar-refractivity contribution in [3.05, 3.63) is 76.3 Å². The summed E-state index contributed by atoms with van der Waals surface area (Å²) in [6.45, 7) is 2.93. The van der Waals surface area contributed by atoms with Crippen LogP contribution in [0, 0.1) is 0 Å². The van der Waals surface area contributed by atoms with Crippen LogP contribution in [-0.4, -0.2) is 39.2 Å². The summed E-state index contributed by atoms with van der Waals surface area (Å²) in [5, 5.41) is 0. The van der Waals surface area contributed by atoms with E-state index in [1.807, 2.05) is 18.2 Å². The van der Waals surface area contributed by atoms with Gasteiger partial charge < -0.3 is 4.98 Å². The van der Waals surface area contributed by atoms with E-state index >= 15 is 0 Å². The van der Waals surface area contributed by atoms with Gasteiger partial charge in [0.05, 0.1) is 5.69 Å². The van der Waals surface area contributed by atoms with Crippen LogP contribution in [0.1, 0.15) is 30.0 Å². The Morgan fingerprint density at radius 2 is 2.07 bits per heavy atom. The van der Waals surface area contributed by atoms with Crippen LogP contribution >= 0.6 is 11.8 Å². The number of pyridine rings is 1. The minimum absolute atomic E-state index is 0.115. The molecule has 1 atom stereocenters. The van der Waals surface area contributed by atoms with Crippen LogP contribution in [-0.2, 0) is 6.54 Å². The highest BCUT2D eigenvalue weighted by molar-refractivity contribution is 7.98. The van der Waals surface area contributed by atoms with Gasteiger partial charge >= 0.3 is 0 Å². The first-order chi connectivity index (χ1) is 13.7. The smallest absolute Gasteiger partial charge is 0.251 e. The summed E-state index contributed by atoms with van der Waals surface area (Å²) in [5.74, 6) is 0.817. The molecule has 0 aliphatic carbocycles. The van der Waals surface area contributed by atoms with Crippen molar-refractivity contribution in [2.45, 2.75) is 30.2 Å². The van der Waals surface area contributed by atoms with Gasteiger partial charge in [0.1, 0.15) is 5.69 Å². The Labute approximate surface area is 169 Å². The third kappa shape index (κ3) is 4.51. The summed E-state index contributed by atoms with van der Waals surface area (Å²) in [7, 11) is 0. The molecular weight excluding hydrogens is 368 g/mol. The highest BCUT2D eigenvalue weighted by Gasteiger charge is 2.23. The molecule has 3 aromatic rings. The summed E-state index contributed by atoms with van der Waals surface area (Å²) in [4.78, 5) is 27.9. The second-order valence-corrected chi connectivity index (χ2v) is 8.04. The molecule has 1 N–H and O–H groups in total. The third-order valence-corrected chi connectivity index (χ3v) is 5.90. The van der Waals surface area contributed by atoms with Crippen molar-refractivity contribution in [2.75, 3.05) is 19.3 Å². The summed E-state index contributed by atoms with van der Waals surface area (Å²) in [6, 6.07) is 16.1. The SMILES string of the molecule is CSc1ccc(CN2CCCC(c3cc(=O)[nH]c(-c4ccccn4)n3)C2)cc1. The predicted molar refractivity (Wildman–Crippen MR) is 114 cm³/mol. The lowest BCUT2D eigenvalue weighted by molar-refractivity contribution is 0.198. The quantitative estimate of drug-likeness (QED) is 0.667. The normalized spacial score (nSPS) is 17.5. The van der Waals surface area contributed by atoms with E-state index in [4.69, 9.17) is 4.98 Å². The molecule has 0 spiro atoms. The molecule has 2 aromatic heterocycles. The van der Waals surface area contributed by atoms with Crippen LogP contribution in [0.15, 0.2) is 64.4 Å². The lowest BCUT2D eigenvalue weighted by atomic mass is 9.94. The number of thioether (sulfide) groups is 1. The third-order valence-electron chi connectivity index (χ3n) is 5.16. The lowest BCUT2D eigenvalue weighted by Gasteiger charge is -2.32. The van der Waals surface area contributed by atoms with Crippen molar-refractivity contribution in [1.29, 1.82) is 0 Å². The Morgan fingerprint density at radius 3 is 2.82 bits per heavy atom. The number of aromatic amines is 1. The van der Waals surface area contributed by atoms with E-state index in [1.54, 1.807) is 24.0 Å². The topological polar surface area (TPSA) is 61.9 Å². The average Bonchev–Trinajstić information content (AvgIpc) is 2.75. The average molecular weight is 393 g/mol. The van der Waals surface area contributed by atoms with E-state index in [1.165, 1.54) is 10.5 Å².